The van der Waals surface area contributed by atoms with Crippen LogP contribution in [0.4, 0.5) is 11.4 Å². The van der Waals surface area contributed by atoms with Crippen LogP contribution in [-0.2, 0) is 10.1 Å². The van der Waals surface area contributed by atoms with Gasteiger partial charge in [0.05, 0.1) is 10.6 Å². The van der Waals surface area contributed by atoms with E-state index in [-0.39, 0.29) is 10.2 Å². The Labute approximate surface area is 92.9 Å². The van der Waals surface area contributed by atoms with E-state index < -0.39 is 25.6 Å². The van der Waals surface area contributed by atoms with Crippen molar-refractivity contribution < 1.29 is 17.9 Å². The van der Waals surface area contributed by atoms with Crippen LogP contribution in [0.3, 0.4) is 0 Å². The average molecular weight is 297 g/mol. The fourth-order valence-electron chi connectivity index (χ4n) is 0.898. The maximum absolute atomic E-state index is 10.8. The van der Waals surface area contributed by atoms with Crippen molar-refractivity contribution in [3.63, 3.8) is 0 Å². The van der Waals surface area contributed by atoms with Gasteiger partial charge in [-0.3, -0.25) is 14.7 Å². The van der Waals surface area contributed by atoms with Crippen molar-refractivity contribution in [2.24, 2.45) is 0 Å². The van der Waals surface area contributed by atoms with Crippen LogP contribution < -0.4 is 5.73 Å². The molecule has 0 aromatic heterocycles. The minimum absolute atomic E-state index is 0.0318. The number of nitrogen functional groups attached to an aromatic ring is 1. The van der Waals surface area contributed by atoms with Crippen LogP contribution >= 0.6 is 15.9 Å². The van der Waals surface area contributed by atoms with E-state index >= 15 is 0 Å². The van der Waals surface area contributed by atoms with Gasteiger partial charge in [0.2, 0.25) is 0 Å². The normalized spacial score (nSPS) is 11.3. The lowest BCUT2D eigenvalue weighted by atomic mass is 10.3. The van der Waals surface area contributed by atoms with Gasteiger partial charge in [-0.15, -0.1) is 0 Å². The van der Waals surface area contributed by atoms with Gasteiger partial charge in [-0.05, 0) is 15.9 Å². The Balaban J connectivity index is 3.59. The van der Waals surface area contributed by atoms with Crippen LogP contribution in [0, 0.1) is 10.1 Å². The minimum Gasteiger partial charge on any atom is -0.397 e. The standard InChI is InChI=1S/C6H5BrN2O5S/c7-4-1-3(9(10)11)2-5(6(4)8)15(12,13)14/h1-2H,8H2,(H,12,13,14). The van der Waals surface area contributed by atoms with Gasteiger partial charge in [-0.2, -0.15) is 8.42 Å². The first-order valence-electron chi connectivity index (χ1n) is 3.44. The highest BCUT2D eigenvalue weighted by Crippen LogP contribution is 2.31. The summed E-state index contributed by atoms with van der Waals surface area (Å²) in [6.45, 7) is 0. The number of halogens is 1. The number of benzene rings is 1. The molecule has 0 aliphatic heterocycles. The topological polar surface area (TPSA) is 124 Å². The Morgan fingerprint density at radius 3 is 2.40 bits per heavy atom. The van der Waals surface area contributed by atoms with E-state index in [1.54, 1.807) is 0 Å². The molecular weight excluding hydrogens is 292 g/mol. The van der Waals surface area contributed by atoms with Crippen LogP contribution in [0.5, 0.6) is 0 Å². The lowest BCUT2D eigenvalue weighted by Crippen LogP contribution is -2.05. The van der Waals surface area contributed by atoms with Crippen LogP contribution in [0.15, 0.2) is 21.5 Å². The monoisotopic (exact) mass is 296 g/mol. The molecule has 0 aliphatic carbocycles. The van der Waals surface area contributed by atoms with Gasteiger partial charge in [0, 0.05) is 16.6 Å². The van der Waals surface area contributed by atoms with Gasteiger partial charge < -0.3 is 5.73 Å². The molecule has 0 heterocycles. The molecule has 0 bridgehead atoms. The van der Waals surface area contributed by atoms with Crippen LogP contribution in [0.2, 0.25) is 0 Å². The summed E-state index contributed by atoms with van der Waals surface area (Å²) in [5.41, 5.74) is 4.57. The van der Waals surface area contributed by atoms with Crippen LogP contribution in [0.25, 0.3) is 0 Å². The molecule has 0 saturated heterocycles. The second kappa shape index (κ2) is 3.76. The fourth-order valence-corrected chi connectivity index (χ4v) is 2.13. The first-order chi connectivity index (χ1) is 6.73. The summed E-state index contributed by atoms with van der Waals surface area (Å²) < 4.78 is 30.4. The number of rotatable bonds is 2. The molecule has 1 aromatic rings. The van der Waals surface area contributed by atoms with Crippen molar-refractivity contribution in [2.75, 3.05) is 5.73 Å². The summed E-state index contributed by atoms with van der Waals surface area (Å²) in [5.74, 6) is 0. The number of nitro benzene ring substituents is 1. The molecule has 0 saturated carbocycles. The van der Waals surface area contributed by atoms with Crippen LogP contribution in [-0.4, -0.2) is 17.9 Å². The summed E-state index contributed by atoms with van der Waals surface area (Å²) in [7, 11) is -4.57. The predicted octanol–water partition coefficient (Wildman–Crippen LogP) is 1.19. The predicted molar refractivity (Wildman–Crippen MR) is 55.0 cm³/mol. The van der Waals surface area contributed by atoms with Crippen molar-refractivity contribution in [1.29, 1.82) is 0 Å². The van der Waals surface area contributed by atoms with Crippen molar-refractivity contribution in [2.45, 2.75) is 4.90 Å². The maximum atomic E-state index is 10.8. The molecule has 1 rings (SSSR count). The van der Waals surface area contributed by atoms with E-state index in [4.69, 9.17) is 10.3 Å². The van der Waals surface area contributed by atoms with Gasteiger partial charge in [0.25, 0.3) is 15.8 Å². The number of hydrogen-bond acceptors (Lipinski definition) is 5. The smallest absolute Gasteiger partial charge is 0.296 e. The molecule has 0 unspecified atom stereocenters. The Hall–Kier alpha value is -1.19. The fraction of sp³-hybridized carbons (Fsp3) is 0. The second-order valence-electron chi connectivity index (χ2n) is 2.57. The van der Waals surface area contributed by atoms with Crippen molar-refractivity contribution >= 4 is 37.4 Å². The molecule has 15 heavy (non-hydrogen) atoms. The third-order valence-electron chi connectivity index (χ3n) is 1.57. The zero-order valence-corrected chi connectivity index (χ0v) is 9.45. The number of nitro groups is 1. The Bertz CT molecular complexity index is 527. The molecule has 82 valence electrons. The van der Waals surface area contributed by atoms with E-state index in [9.17, 15) is 18.5 Å². The second-order valence-corrected chi connectivity index (χ2v) is 4.82. The van der Waals surface area contributed by atoms with Gasteiger partial charge in [0.1, 0.15) is 4.90 Å². The molecule has 0 radical (unpaired) electrons. The largest absolute Gasteiger partial charge is 0.397 e. The third-order valence-corrected chi connectivity index (χ3v) is 3.11. The first kappa shape index (κ1) is 11.9. The summed E-state index contributed by atoms with van der Waals surface area (Å²) in [6, 6.07) is 1.74. The minimum atomic E-state index is -4.57. The Kier molecular flexibility index (Phi) is 2.98. The molecule has 0 spiro atoms. The van der Waals surface area contributed by atoms with Crippen molar-refractivity contribution in [1.82, 2.24) is 0 Å². The molecule has 0 atom stereocenters. The molecule has 0 aliphatic rings. The SMILES string of the molecule is Nc1c(Br)cc([N+](=O)[O-])cc1S(=O)(=O)O. The summed E-state index contributed by atoms with van der Waals surface area (Å²) in [4.78, 5) is 8.93. The first-order valence-corrected chi connectivity index (χ1v) is 5.67. The zero-order valence-electron chi connectivity index (χ0n) is 7.05. The molecule has 1 aromatic carbocycles. The van der Waals surface area contributed by atoms with Gasteiger partial charge in [-0.25, -0.2) is 0 Å². The van der Waals surface area contributed by atoms with Crippen molar-refractivity contribution in [3.05, 3.63) is 26.7 Å². The molecule has 9 heteroatoms. The highest BCUT2D eigenvalue weighted by Gasteiger charge is 2.21. The average Bonchev–Trinajstić information content (AvgIpc) is 2.06. The highest BCUT2D eigenvalue weighted by molar-refractivity contribution is 9.10. The summed E-state index contributed by atoms with van der Waals surface area (Å²) in [6.07, 6.45) is 0. The van der Waals surface area contributed by atoms with E-state index in [0.29, 0.717) is 6.07 Å². The number of nitrogens with two attached hydrogens (primary N) is 1. The number of non-ortho nitro benzene ring substituents is 1. The molecular formula is C6H5BrN2O5S. The molecule has 3 N–H and O–H groups in total. The lowest BCUT2D eigenvalue weighted by molar-refractivity contribution is -0.385. The van der Waals surface area contributed by atoms with Gasteiger partial charge in [0.15, 0.2) is 0 Å². The maximum Gasteiger partial charge on any atom is 0.296 e. The molecule has 0 fully saturated rings. The van der Waals surface area contributed by atoms with Crippen molar-refractivity contribution in [3.8, 4) is 0 Å². The number of nitrogens with zero attached hydrogens (tertiary/aromatic N) is 1. The van der Waals surface area contributed by atoms with E-state index in [2.05, 4.69) is 15.9 Å². The lowest BCUT2D eigenvalue weighted by Gasteiger charge is -2.04. The zero-order chi connectivity index (χ0) is 11.8. The van der Waals surface area contributed by atoms with Gasteiger partial charge in [-0.1, -0.05) is 0 Å². The quantitative estimate of drug-likeness (QED) is 0.365. The molecule has 7 nitrogen and oxygen atoms in total. The summed E-state index contributed by atoms with van der Waals surface area (Å²) >= 11 is 2.85. The third kappa shape index (κ3) is 2.43. The Morgan fingerprint density at radius 1 is 1.47 bits per heavy atom. The van der Waals surface area contributed by atoms with E-state index in [1.807, 2.05) is 0 Å². The van der Waals surface area contributed by atoms with E-state index in [1.165, 1.54) is 0 Å². The molecule has 0 amide bonds. The van der Waals surface area contributed by atoms with Crippen LogP contribution in [0.1, 0.15) is 0 Å². The van der Waals surface area contributed by atoms with E-state index in [0.717, 1.165) is 6.07 Å². The van der Waals surface area contributed by atoms with Gasteiger partial charge >= 0.3 is 0 Å². The highest BCUT2D eigenvalue weighted by atomic mass is 79.9. The summed E-state index contributed by atoms with van der Waals surface area (Å²) in [5, 5.41) is 10.4. The number of hydrogen-bond donors (Lipinski definition) is 2. The Morgan fingerprint density at radius 2 is 2.00 bits per heavy atom. The number of anilines is 1.